The minimum absolute atomic E-state index is 0.0774. The molecule has 2 aliphatic rings. The van der Waals surface area contributed by atoms with Gasteiger partial charge in [0.05, 0.1) is 0 Å². The summed E-state index contributed by atoms with van der Waals surface area (Å²) in [5.41, 5.74) is 0.429. The van der Waals surface area contributed by atoms with E-state index in [-0.39, 0.29) is 24.2 Å². The number of carbonyl (C=O) groups excluding carboxylic acids is 1. The average molecular weight is 404 g/mol. The zero-order valence-electron chi connectivity index (χ0n) is 17.8. The molecule has 1 N–H and O–H groups in total. The van der Waals surface area contributed by atoms with Crippen LogP contribution >= 0.6 is 0 Å². The molecular weight excluding hydrogens is 370 g/mol. The Kier molecular flexibility index (Phi) is 7.18. The van der Waals surface area contributed by atoms with Crippen molar-refractivity contribution < 1.29 is 14.7 Å². The van der Waals surface area contributed by atoms with Gasteiger partial charge in [-0.15, -0.1) is 0 Å². The Labute approximate surface area is 172 Å². The van der Waals surface area contributed by atoms with Crippen molar-refractivity contribution >= 4 is 11.9 Å². The first kappa shape index (κ1) is 21.6. The van der Waals surface area contributed by atoms with E-state index >= 15 is 0 Å². The molecule has 0 radical (unpaired) electrons. The summed E-state index contributed by atoms with van der Waals surface area (Å²) in [6.45, 7) is 9.35. The van der Waals surface area contributed by atoms with Gasteiger partial charge >= 0.3 is 5.97 Å². The van der Waals surface area contributed by atoms with Crippen LogP contribution in [0.1, 0.15) is 55.3 Å². The van der Waals surface area contributed by atoms with Gasteiger partial charge in [-0.2, -0.15) is 0 Å². The van der Waals surface area contributed by atoms with Gasteiger partial charge in [-0.25, -0.2) is 9.97 Å². The number of hydrogen-bond donors (Lipinski definition) is 1. The van der Waals surface area contributed by atoms with Crippen molar-refractivity contribution in [2.75, 3.05) is 46.3 Å². The Balaban J connectivity index is 1.71. The van der Waals surface area contributed by atoms with Crippen molar-refractivity contribution in [3.63, 3.8) is 0 Å². The number of likely N-dealkylation sites (tertiary alicyclic amines) is 1. The highest BCUT2D eigenvalue weighted by Crippen LogP contribution is 2.28. The first-order chi connectivity index (χ1) is 13.8. The standard InChI is InChI=1S/C21H33N5O3/c1-15(2)20-22-8-6-17(23-20)21(29)26-9-7-18(16(14-26)4-5-19(27)28)25-12-10-24(3)11-13-25/h6,8,15-16,18H,4-5,7,9-14H2,1-3H3,(H,27,28)/t16-,18+/m1/s1. The summed E-state index contributed by atoms with van der Waals surface area (Å²) < 4.78 is 0. The lowest BCUT2D eigenvalue weighted by molar-refractivity contribution is -0.137. The van der Waals surface area contributed by atoms with Crippen LogP contribution in [0, 0.1) is 5.92 Å². The first-order valence-corrected chi connectivity index (χ1v) is 10.6. The lowest BCUT2D eigenvalue weighted by Gasteiger charge is -2.46. The number of amides is 1. The second-order valence-electron chi connectivity index (χ2n) is 8.59. The molecule has 8 heteroatoms. The molecule has 1 aromatic heterocycles. The molecule has 0 aromatic carbocycles. The molecule has 0 unspecified atom stereocenters. The van der Waals surface area contributed by atoms with Crippen LogP contribution in [0.3, 0.4) is 0 Å². The summed E-state index contributed by atoms with van der Waals surface area (Å²) in [5.74, 6) is 0.146. The molecule has 8 nitrogen and oxygen atoms in total. The molecule has 1 aromatic rings. The van der Waals surface area contributed by atoms with Crippen molar-refractivity contribution in [2.45, 2.75) is 45.1 Å². The normalized spacial score (nSPS) is 24.1. The highest BCUT2D eigenvalue weighted by Gasteiger charge is 2.36. The van der Waals surface area contributed by atoms with Crippen LogP contribution in [-0.4, -0.2) is 94.0 Å². The third-order valence-electron chi connectivity index (χ3n) is 6.13. The van der Waals surface area contributed by atoms with Gasteiger partial charge in [-0.3, -0.25) is 14.5 Å². The Morgan fingerprint density at radius 3 is 2.59 bits per heavy atom. The molecular formula is C21H33N5O3. The molecule has 160 valence electrons. The highest BCUT2D eigenvalue weighted by atomic mass is 16.4. The number of nitrogens with zero attached hydrogens (tertiary/aromatic N) is 5. The van der Waals surface area contributed by atoms with Gasteiger partial charge in [0.2, 0.25) is 0 Å². The Morgan fingerprint density at radius 1 is 1.21 bits per heavy atom. The fraction of sp³-hybridized carbons (Fsp3) is 0.714. The summed E-state index contributed by atoms with van der Waals surface area (Å²) in [7, 11) is 2.13. The maximum absolute atomic E-state index is 13.1. The molecule has 0 saturated carbocycles. The molecule has 0 spiro atoms. The fourth-order valence-corrected chi connectivity index (χ4v) is 4.36. The number of aromatic nitrogens is 2. The van der Waals surface area contributed by atoms with Crippen molar-refractivity contribution in [3.8, 4) is 0 Å². The zero-order valence-corrected chi connectivity index (χ0v) is 17.8. The van der Waals surface area contributed by atoms with E-state index in [1.807, 2.05) is 18.7 Å². The molecule has 2 aliphatic heterocycles. The number of piperazine rings is 1. The van der Waals surface area contributed by atoms with Crippen molar-refractivity contribution in [1.29, 1.82) is 0 Å². The Bertz CT molecular complexity index is 718. The van der Waals surface area contributed by atoms with Crippen LogP contribution in [-0.2, 0) is 4.79 Å². The van der Waals surface area contributed by atoms with Gasteiger partial charge < -0.3 is 14.9 Å². The third kappa shape index (κ3) is 5.51. The minimum atomic E-state index is -0.775. The first-order valence-electron chi connectivity index (χ1n) is 10.6. The van der Waals surface area contributed by atoms with Gasteiger partial charge in [-0.05, 0) is 31.9 Å². The smallest absolute Gasteiger partial charge is 0.303 e. The Hall–Kier alpha value is -2.06. The van der Waals surface area contributed by atoms with Gasteiger partial charge in [0.15, 0.2) is 0 Å². The van der Waals surface area contributed by atoms with Gasteiger partial charge in [0.25, 0.3) is 5.91 Å². The molecule has 0 aliphatic carbocycles. The van der Waals surface area contributed by atoms with E-state index in [4.69, 9.17) is 0 Å². The summed E-state index contributed by atoms with van der Waals surface area (Å²) in [6.07, 6.45) is 3.26. The van der Waals surface area contributed by atoms with E-state index in [0.717, 1.165) is 32.6 Å². The lowest BCUT2D eigenvalue weighted by atomic mass is 9.86. The molecule has 2 atom stereocenters. The predicted octanol–water partition coefficient (Wildman–Crippen LogP) is 1.54. The second kappa shape index (κ2) is 9.63. The van der Waals surface area contributed by atoms with Gasteiger partial charge in [0, 0.05) is 63.8 Å². The maximum atomic E-state index is 13.1. The largest absolute Gasteiger partial charge is 0.481 e. The van der Waals surface area contributed by atoms with E-state index in [1.165, 1.54) is 0 Å². The summed E-state index contributed by atoms with van der Waals surface area (Å²) >= 11 is 0. The number of hydrogen-bond acceptors (Lipinski definition) is 6. The summed E-state index contributed by atoms with van der Waals surface area (Å²) in [6, 6.07) is 2.01. The summed E-state index contributed by atoms with van der Waals surface area (Å²) in [4.78, 5) is 39.6. The maximum Gasteiger partial charge on any atom is 0.303 e. The molecule has 3 heterocycles. The van der Waals surface area contributed by atoms with Gasteiger partial charge in [0.1, 0.15) is 11.5 Å². The predicted molar refractivity (Wildman–Crippen MR) is 110 cm³/mol. The second-order valence-corrected chi connectivity index (χ2v) is 8.59. The quantitative estimate of drug-likeness (QED) is 0.771. The van der Waals surface area contributed by atoms with E-state index in [0.29, 0.717) is 37.1 Å². The monoisotopic (exact) mass is 403 g/mol. The fourth-order valence-electron chi connectivity index (χ4n) is 4.36. The van der Waals surface area contributed by atoms with Crippen LogP contribution in [0.15, 0.2) is 12.3 Å². The number of piperidine rings is 1. The Morgan fingerprint density at radius 2 is 1.93 bits per heavy atom. The third-order valence-corrected chi connectivity index (χ3v) is 6.13. The zero-order chi connectivity index (χ0) is 21.0. The number of carboxylic acids is 1. The number of carbonyl (C=O) groups is 2. The number of rotatable bonds is 6. The van der Waals surface area contributed by atoms with Crippen LogP contribution < -0.4 is 0 Å². The minimum Gasteiger partial charge on any atom is -0.481 e. The average Bonchev–Trinajstić information content (AvgIpc) is 2.72. The van der Waals surface area contributed by atoms with Crippen LogP contribution in [0.5, 0.6) is 0 Å². The summed E-state index contributed by atoms with van der Waals surface area (Å²) in [5, 5.41) is 9.19. The molecule has 2 fully saturated rings. The lowest BCUT2D eigenvalue weighted by Crippen LogP contribution is -2.57. The van der Waals surface area contributed by atoms with Gasteiger partial charge in [-0.1, -0.05) is 13.8 Å². The SMILES string of the molecule is CC(C)c1nccc(C(=O)N2CC[C@H](N3CCN(C)CC3)[C@H](CCC(=O)O)C2)n1. The van der Waals surface area contributed by atoms with Crippen molar-refractivity contribution in [3.05, 3.63) is 23.8 Å². The number of aliphatic carboxylic acids is 1. The van der Waals surface area contributed by atoms with Crippen LogP contribution in [0.2, 0.25) is 0 Å². The molecule has 2 saturated heterocycles. The molecule has 1 amide bonds. The highest BCUT2D eigenvalue weighted by molar-refractivity contribution is 5.92. The van der Waals surface area contributed by atoms with Crippen LogP contribution in [0.4, 0.5) is 0 Å². The van der Waals surface area contributed by atoms with E-state index in [2.05, 4.69) is 26.8 Å². The van der Waals surface area contributed by atoms with E-state index < -0.39 is 5.97 Å². The topological polar surface area (TPSA) is 89.9 Å². The molecule has 3 rings (SSSR count). The molecule has 29 heavy (non-hydrogen) atoms. The number of likely N-dealkylation sites (N-methyl/N-ethyl adjacent to an activating group) is 1. The van der Waals surface area contributed by atoms with Crippen LogP contribution in [0.25, 0.3) is 0 Å². The van der Waals surface area contributed by atoms with E-state index in [9.17, 15) is 14.7 Å². The van der Waals surface area contributed by atoms with Crippen molar-refractivity contribution in [2.24, 2.45) is 5.92 Å². The molecule has 0 bridgehead atoms. The number of carboxylic acid groups (broad SMARTS) is 1. The van der Waals surface area contributed by atoms with Crippen molar-refractivity contribution in [1.82, 2.24) is 24.7 Å². The van der Waals surface area contributed by atoms with E-state index in [1.54, 1.807) is 12.3 Å².